The maximum absolute atomic E-state index is 14.3. The van der Waals surface area contributed by atoms with Gasteiger partial charge in [-0.2, -0.15) is 0 Å². The summed E-state index contributed by atoms with van der Waals surface area (Å²) in [6.45, 7) is 28.3. The quantitative estimate of drug-likeness (QED) is 0.0347. The highest BCUT2D eigenvalue weighted by molar-refractivity contribution is 14.1. The average Bonchev–Trinajstić information content (AvgIpc) is 1.64. The van der Waals surface area contributed by atoms with Crippen LogP contribution in [0.25, 0.3) is 55.8 Å². The van der Waals surface area contributed by atoms with Gasteiger partial charge in [-0.05, 0) is 291 Å². The van der Waals surface area contributed by atoms with Gasteiger partial charge in [-0.3, -0.25) is 24.0 Å². The monoisotopic (exact) mass is 2140 g/mol. The summed E-state index contributed by atoms with van der Waals surface area (Å²) in [6.07, 6.45) is 24.3. The number of imidazole rings is 5. The first kappa shape index (κ1) is 104. The van der Waals surface area contributed by atoms with E-state index in [1.165, 1.54) is 43.9 Å². The number of aryl methyl sites for hydroxylation is 2. The summed E-state index contributed by atoms with van der Waals surface area (Å²) in [5.74, 6) is 4.06. The molecule has 10 heterocycles. The lowest BCUT2D eigenvalue weighted by Crippen LogP contribution is -2.35. The van der Waals surface area contributed by atoms with Gasteiger partial charge in [0.1, 0.15) is 74.2 Å². The van der Waals surface area contributed by atoms with Crippen LogP contribution in [-0.4, -0.2) is 160 Å². The molecule has 15 aromatic rings. The highest BCUT2D eigenvalue weighted by Crippen LogP contribution is 2.38. The number of carbonyl (C=O) groups excluding carboxylic acids is 5. The third-order valence-corrected chi connectivity index (χ3v) is 26.7. The molecule has 3 aliphatic rings. The molecule has 18 rings (SSSR count). The molecule has 31 heteroatoms. The van der Waals surface area contributed by atoms with Crippen molar-refractivity contribution in [3.8, 4) is 0 Å². The van der Waals surface area contributed by atoms with Crippen LogP contribution in [0.1, 0.15) is 252 Å². The van der Waals surface area contributed by atoms with E-state index in [9.17, 15) is 37.1 Å². The summed E-state index contributed by atoms with van der Waals surface area (Å²) in [5.41, 5.74) is 11.0. The Morgan fingerprint density at radius 1 is 0.386 bits per heavy atom. The minimum atomic E-state index is -0.721. The first-order valence-electron chi connectivity index (χ1n) is 49.0. The molecule has 0 saturated heterocycles. The van der Waals surface area contributed by atoms with E-state index >= 15 is 0 Å². The molecule has 0 N–H and O–H groups in total. The lowest BCUT2D eigenvalue weighted by atomic mass is 10.1. The molecule has 3 aliphatic carbocycles. The van der Waals surface area contributed by atoms with Gasteiger partial charge in [0.05, 0.1) is 43.3 Å². The number of amides is 5. The van der Waals surface area contributed by atoms with Crippen LogP contribution in [0, 0.1) is 54.2 Å². The minimum absolute atomic E-state index is 0.00795. The van der Waals surface area contributed by atoms with E-state index in [4.69, 9.17) is 36.5 Å². The van der Waals surface area contributed by atoms with Gasteiger partial charge < -0.3 is 47.3 Å². The van der Waals surface area contributed by atoms with Crippen molar-refractivity contribution in [2.24, 2.45) is 29.6 Å². The van der Waals surface area contributed by atoms with E-state index in [0.717, 1.165) is 206 Å². The van der Waals surface area contributed by atoms with Crippen LogP contribution in [-0.2, 0) is 52.4 Å². The Morgan fingerprint density at radius 2 is 0.779 bits per heavy atom. The predicted molar refractivity (Wildman–Crippen MR) is 562 cm³/mol. The number of nitrogens with zero attached hydrogens (tertiary/aromatic N) is 20. The summed E-state index contributed by atoms with van der Waals surface area (Å²) in [7, 11) is 1.82. The molecule has 25 nitrogen and oxygen atoms in total. The van der Waals surface area contributed by atoms with Crippen molar-refractivity contribution >= 4 is 142 Å². The fourth-order valence-electron chi connectivity index (χ4n) is 18.0. The van der Waals surface area contributed by atoms with E-state index in [-0.39, 0.29) is 46.7 Å². The molecule has 5 aromatic carbocycles. The Morgan fingerprint density at radius 3 is 1.24 bits per heavy atom. The van der Waals surface area contributed by atoms with Crippen LogP contribution in [0.4, 0.5) is 13.2 Å². The lowest BCUT2D eigenvalue weighted by molar-refractivity contribution is 0.0705. The number of hydrogen-bond acceptors (Lipinski definition) is 15. The van der Waals surface area contributed by atoms with Crippen LogP contribution in [0.2, 0.25) is 5.02 Å². The molecule has 0 spiro atoms. The number of benzene rings is 5. The molecule has 0 atom stereocenters. The molecule has 10 aromatic heterocycles. The van der Waals surface area contributed by atoms with Crippen LogP contribution in [0.3, 0.4) is 0 Å². The SMILES string of the molecule is CC(C)CCN(Cc1nc2cccnc2n1C1CCCC1)C(=O)c1ccc(F)c(Cl)c1.CC(C)CN(Cc1nc2cccnc2n1C1CCCC1)C(=O)c1cc(F)ccc1F.CCCn1c(CN(CC(C)C)C(=O)c2ccc(I)cc2)nc2cccnc21.CCCn1c(CN(CCC(C)C)C(=O)c2cccc(I)c2)nc2cccnc21.CN(Cc1nc2cccnc2n1CC1CC1)C(=O)c1ccccc1. The summed E-state index contributed by atoms with van der Waals surface area (Å²) in [5, 5.41) is -0.0444. The summed E-state index contributed by atoms with van der Waals surface area (Å²) >= 11 is 10.4. The largest absolute Gasteiger partial charge is 0.334 e. The number of carbonyl (C=O) groups is 5. The van der Waals surface area contributed by atoms with E-state index in [1.807, 2.05) is 170 Å². The molecule has 3 saturated carbocycles. The van der Waals surface area contributed by atoms with Crippen molar-refractivity contribution in [1.82, 2.24) is 97.2 Å². The van der Waals surface area contributed by atoms with Gasteiger partial charge in [-0.25, -0.2) is 63.0 Å². The predicted octanol–water partition coefficient (Wildman–Crippen LogP) is 24.1. The zero-order valence-electron chi connectivity index (χ0n) is 81.8. The smallest absolute Gasteiger partial charge is 0.257 e. The number of halogens is 6. The zero-order valence-corrected chi connectivity index (χ0v) is 86.9. The third kappa shape index (κ3) is 27.0. The summed E-state index contributed by atoms with van der Waals surface area (Å²) < 4.78 is 54.7. The Hall–Kier alpha value is -11.9. The van der Waals surface area contributed by atoms with E-state index in [2.05, 4.69) is 148 Å². The molecule has 3 fully saturated rings. The fraction of sp³-hybridized carbons (Fsp3) is 0.404. The molecule has 0 unspecified atom stereocenters. The molecular formula is C109H126ClF3I2N20O5. The number of pyridine rings is 5. The highest BCUT2D eigenvalue weighted by Gasteiger charge is 2.33. The number of hydrogen-bond donors (Lipinski definition) is 0. The van der Waals surface area contributed by atoms with E-state index in [1.54, 1.807) is 45.7 Å². The van der Waals surface area contributed by atoms with Gasteiger partial charge in [0.15, 0.2) is 28.2 Å². The van der Waals surface area contributed by atoms with Crippen LogP contribution < -0.4 is 0 Å². The number of rotatable bonds is 33. The topological polar surface area (TPSA) is 255 Å². The fourth-order valence-corrected chi connectivity index (χ4v) is 19.0. The molecule has 5 amide bonds. The zero-order chi connectivity index (χ0) is 99.2. The number of fused-ring (bicyclic) bond motifs is 5. The Balaban J connectivity index is 0.000000140. The van der Waals surface area contributed by atoms with Crippen molar-refractivity contribution < 1.29 is 37.1 Å². The summed E-state index contributed by atoms with van der Waals surface area (Å²) in [4.78, 5) is 121. The minimum Gasteiger partial charge on any atom is -0.334 e. The molecule has 0 aliphatic heterocycles. The third-order valence-electron chi connectivity index (χ3n) is 25.0. The van der Waals surface area contributed by atoms with E-state index in [0.29, 0.717) is 98.9 Å². The Bertz CT molecular complexity index is 6730. The Labute approximate surface area is 849 Å². The first-order valence-corrected chi connectivity index (χ1v) is 51.5. The molecule has 734 valence electrons. The second-order valence-corrected chi connectivity index (χ2v) is 41.0. The van der Waals surface area contributed by atoms with Gasteiger partial charge in [0, 0.05) is 125 Å². The van der Waals surface area contributed by atoms with Gasteiger partial charge in [-0.15, -0.1) is 0 Å². The van der Waals surface area contributed by atoms with Crippen molar-refractivity contribution in [2.45, 2.75) is 224 Å². The first-order chi connectivity index (χ1) is 67.6. The highest BCUT2D eigenvalue weighted by atomic mass is 127. The van der Waals surface area contributed by atoms with Crippen molar-refractivity contribution in [2.75, 3.05) is 33.2 Å². The summed E-state index contributed by atoms with van der Waals surface area (Å²) in [6, 6.07) is 51.9. The van der Waals surface area contributed by atoms with Gasteiger partial charge in [0.2, 0.25) is 0 Å². The van der Waals surface area contributed by atoms with Gasteiger partial charge >= 0.3 is 0 Å². The molecule has 140 heavy (non-hydrogen) atoms. The standard InChI is InChI=1S/C24H28ClFN4O.C23H26F2N4O.C22H27IN4O.C21H25IN4O.C19H20N4O/c1-16(2)11-13-29(24(31)17-9-10-20(26)19(25)14-17)15-22-28-21-8-5-12-27-23(21)30(22)18-6-3-4-7-18;1-15(2)13-28(23(30)18-12-16(24)9-10-19(18)25)14-21-27-20-8-5-11-26-22(20)29(21)17-6-3-4-7-17;1-4-12-27-20(25-19-9-6-11-24-21(19)27)15-26(13-10-16(2)3)22(28)17-7-5-8-18(23)14-17;1-4-12-26-19(24-18-6-5-11-23-20(18)26)14-25(13-15(2)3)21(27)16-7-9-17(22)10-8-16;1-22(19(24)15-6-3-2-4-7-15)13-17-21-16-8-5-11-20-18(16)23(17)12-14-9-10-14/h5,8-10,12,14,16,18H,3-4,6-7,11,13,15H2,1-2H3;5,8-12,15,17H,3-4,6-7,13-14H2,1-2H3;5-9,11,14,16H,4,10,12-13,15H2,1-3H3;5-11,15H,4,12-14H2,1-3H3;2-8,11,14H,9-10,12-13H2,1H3. The van der Waals surface area contributed by atoms with Crippen LogP contribution in [0.5, 0.6) is 0 Å². The van der Waals surface area contributed by atoms with Crippen molar-refractivity contribution in [1.29, 1.82) is 0 Å². The van der Waals surface area contributed by atoms with Crippen molar-refractivity contribution in [3.05, 3.63) is 293 Å². The van der Waals surface area contributed by atoms with E-state index < -0.39 is 23.4 Å². The second-order valence-electron chi connectivity index (χ2n) is 38.1. The molecule has 0 radical (unpaired) electrons. The maximum Gasteiger partial charge on any atom is 0.257 e. The average molecular weight is 2140 g/mol. The maximum atomic E-state index is 14.3. The second kappa shape index (κ2) is 49.5. The van der Waals surface area contributed by atoms with Crippen molar-refractivity contribution in [3.63, 3.8) is 0 Å². The van der Waals surface area contributed by atoms with Crippen LogP contribution in [0.15, 0.2) is 207 Å². The van der Waals surface area contributed by atoms with Gasteiger partial charge in [0.25, 0.3) is 29.5 Å². The Kier molecular flexibility index (Phi) is 36.7. The number of aromatic nitrogens is 15. The molecule has 0 bridgehead atoms. The van der Waals surface area contributed by atoms with Crippen LogP contribution >= 0.6 is 56.8 Å². The van der Waals surface area contributed by atoms with Gasteiger partial charge in [-0.1, -0.05) is 131 Å². The lowest BCUT2D eigenvalue weighted by Gasteiger charge is -2.26. The normalized spacial score (nSPS) is 13.2. The molecular weight excluding hydrogens is 2020 g/mol.